The van der Waals surface area contributed by atoms with Gasteiger partial charge in [-0.05, 0) is 18.6 Å². The monoisotopic (exact) mass is 185 g/mol. The number of hydrogen-bond acceptors (Lipinski definition) is 2. The van der Waals surface area contributed by atoms with E-state index >= 15 is 0 Å². The Morgan fingerprint density at radius 3 is 2.83 bits per heavy atom. The summed E-state index contributed by atoms with van der Waals surface area (Å²) in [5, 5.41) is -0.140. The number of hydrogen-bond donors (Lipinski definition) is 0. The van der Waals surface area contributed by atoms with Crippen LogP contribution in [0.1, 0.15) is 5.56 Å². The lowest BCUT2D eigenvalue weighted by Crippen LogP contribution is -1.81. The van der Waals surface area contributed by atoms with Gasteiger partial charge in [0, 0.05) is 0 Å². The van der Waals surface area contributed by atoms with E-state index in [-0.39, 0.29) is 10.7 Å². The first-order valence-electron chi connectivity index (χ1n) is 3.19. The topological polar surface area (TPSA) is 29.4 Å². The molecule has 12 heavy (non-hydrogen) atoms. The lowest BCUT2D eigenvalue weighted by Gasteiger charge is -2.00. The van der Waals surface area contributed by atoms with E-state index in [0.29, 0.717) is 5.56 Å². The van der Waals surface area contributed by atoms with E-state index in [1.165, 1.54) is 18.2 Å². The second-order valence-corrected chi connectivity index (χ2v) is 2.61. The van der Waals surface area contributed by atoms with Crippen molar-refractivity contribution in [2.45, 2.75) is 6.92 Å². The van der Waals surface area contributed by atoms with Crippen molar-refractivity contribution < 1.29 is 9.18 Å². The Bertz CT molecular complexity index is 358. The van der Waals surface area contributed by atoms with Gasteiger partial charge in [-0.1, -0.05) is 17.7 Å². The summed E-state index contributed by atoms with van der Waals surface area (Å²) in [7, 11) is 0. The minimum atomic E-state index is -0.587. The van der Waals surface area contributed by atoms with Crippen molar-refractivity contribution in [2.75, 3.05) is 0 Å². The summed E-state index contributed by atoms with van der Waals surface area (Å²) < 4.78 is 12.8. The van der Waals surface area contributed by atoms with Crippen LogP contribution in [-0.4, -0.2) is 6.08 Å². The van der Waals surface area contributed by atoms with Crippen LogP contribution < -0.4 is 0 Å². The third-order valence-corrected chi connectivity index (χ3v) is 1.79. The standard InChI is InChI=1S/C8H5ClFNO/c1-5-2-3-6(10)7(9)8(5)11-4-12/h2-3H,1H3. The summed E-state index contributed by atoms with van der Waals surface area (Å²) in [5.74, 6) is -0.587. The highest BCUT2D eigenvalue weighted by atomic mass is 35.5. The van der Waals surface area contributed by atoms with E-state index in [1.807, 2.05) is 0 Å². The summed E-state index contributed by atoms with van der Waals surface area (Å²) in [6.45, 7) is 1.68. The Morgan fingerprint density at radius 2 is 2.25 bits per heavy atom. The maximum absolute atomic E-state index is 12.8. The average Bonchev–Trinajstić information content (AvgIpc) is 2.06. The maximum atomic E-state index is 12.8. The molecule has 2 nitrogen and oxygen atoms in total. The second kappa shape index (κ2) is 3.48. The molecule has 0 atom stereocenters. The van der Waals surface area contributed by atoms with Crippen LogP contribution in [0.25, 0.3) is 0 Å². The predicted octanol–water partition coefficient (Wildman–Crippen LogP) is 2.75. The van der Waals surface area contributed by atoms with Gasteiger partial charge in [0.1, 0.15) is 16.5 Å². The van der Waals surface area contributed by atoms with Crippen molar-refractivity contribution in [2.24, 2.45) is 4.99 Å². The molecule has 0 heterocycles. The molecule has 1 aromatic carbocycles. The van der Waals surface area contributed by atoms with Crippen molar-refractivity contribution in [3.05, 3.63) is 28.5 Å². The molecule has 0 fully saturated rings. The Hall–Kier alpha value is -1.18. The van der Waals surface area contributed by atoms with Gasteiger partial charge in [-0.2, -0.15) is 4.99 Å². The molecule has 4 heteroatoms. The zero-order valence-corrected chi connectivity index (χ0v) is 7.02. The number of rotatable bonds is 1. The Labute approximate surface area is 73.7 Å². The van der Waals surface area contributed by atoms with Gasteiger partial charge in [0.05, 0.1) is 0 Å². The molecule has 0 aliphatic carbocycles. The number of nitrogens with zero attached hydrogens (tertiary/aromatic N) is 1. The van der Waals surface area contributed by atoms with Crippen LogP contribution in [0.5, 0.6) is 0 Å². The minimum Gasteiger partial charge on any atom is -0.211 e. The van der Waals surface area contributed by atoms with Gasteiger partial charge in [-0.25, -0.2) is 9.18 Å². The quantitative estimate of drug-likeness (QED) is 0.489. The molecule has 0 saturated heterocycles. The number of aryl methyl sites for hydroxylation is 1. The molecule has 0 aliphatic heterocycles. The highest BCUT2D eigenvalue weighted by Crippen LogP contribution is 2.30. The van der Waals surface area contributed by atoms with E-state index in [1.54, 1.807) is 6.92 Å². The first-order valence-corrected chi connectivity index (χ1v) is 3.57. The zero-order valence-electron chi connectivity index (χ0n) is 6.27. The average molecular weight is 186 g/mol. The summed E-state index contributed by atoms with van der Waals surface area (Å²) in [6.07, 6.45) is 1.32. The zero-order chi connectivity index (χ0) is 9.14. The first-order chi connectivity index (χ1) is 5.66. The van der Waals surface area contributed by atoms with E-state index in [2.05, 4.69) is 4.99 Å². The first kappa shape index (κ1) is 8.91. The van der Waals surface area contributed by atoms with Gasteiger partial charge in [0.2, 0.25) is 6.08 Å². The molecule has 0 amide bonds. The van der Waals surface area contributed by atoms with Crippen LogP contribution in [0.4, 0.5) is 10.1 Å². The summed E-state index contributed by atoms with van der Waals surface area (Å²) in [6, 6.07) is 2.72. The Kier molecular flexibility index (Phi) is 2.58. The fraction of sp³-hybridized carbons (Fsp3) is 0.125. The third-order valence-electron chi connectivity index (χ3n) is 1.43. The number of isocyanates is 1. The highest BCUT2D eigenvalue weighted by molar-refractivity contribution is 6.33. The third kappa shape index (κ3) is 1.52. The van der Waals surface area contributed by atoms with Crippen molar-refractivity contribution in [1.29, 1.82) is 0 Å². The molecule has 0 radical (unpaired) electrons. The minimum absolute atomic E-state index is 0.140. The molecule has 62 valence electrons. The summed E-state index contributed by atoms with van der Waals surface area (Å²) in [4.78, 5) is 13.2. The van der Waals surface area contributed by atoms with Crippen molar-refractivity contribution in [3.63, 3.8) is 0 Å². The Balaban J connectivity index is 3.42. The molecule has 0 spiro atoms. The second-order valence-electron chi connectivity index (χ2n) is 2.23. The molecule has 0 unspecified atom stereocenters. The van der Waals surface area contributed by atoms with Gasteiger partial charge in [-0.3, -0.25) is 0 Å². The molecule has 0 saturated carbocycles. The number of carbonyl (C=O) groups excluding carboxylic acids is 1. The van der Waals surface area contributed by atoms with Gasteiger partial charge < -0.3 is 0 Å². The van der Waals surface area contributed by atoms with Crippen LogP contribution >= 0.6 is 11.6 Å². The fourth-order valence-electron chi connectivity index (χ4n) is 0.819. The maximum Gasteiger partial charge on any atom is 0.240 e. The van der Waals surface area contributed by atoms with E-state index < -0.39 is 5.82 Å². The summed E-state index contributed by atoms with van der Waals surface area (Å²) >= 11 is 5.53. The Morgan fingerprint density at radius 1 is 1.58 bits per heavy atom. The lowest BCUT2D eigenvalue weighted by atomic mass is 10.2. The smallest absolute Gasteiger partial charge is 0.211 e. The van der Waals surface area contributed by atoms with Crippen LogP contribution in [-0.2, 0) is 4.79 Å². The summed E-state index contributed by atoms with van der Waals surface area (Å²) in [5.41, 5.74) is 0.788. The van der Waals surface area contributed by atoms with Crippen LogP contribution in [0.15, 0.2) is 17.1 Å². The molecule has 1 rings (SSSR count). The van der Waals surface area contributed by atoms with Gasteiger partial charge in [0.15, 0.2) is 0 Å². The largest absolute Gasteiger partial charge is 0.240 e. The molecule has 0 aromatic heterocycles. The van der Waals surface area contributed by atoms with Gasteiger partial charge >= 0.3 is 0 Å². The van der Waals surface area contributed by atoms with Crippen molar-refractivity contribution in [3.8, 4) is 0 Å². The molecular formula is C8H5ClFNO. The number of benzene rings is 1. The van der Waals surface area contributed by atoms with E-state index in [9.17, 15) is 9.18 Å². The molecule has 1 aromatic rings. The normalized spacial score (nSPS) is 9.25. The van der Waals surface area contributed by atoms with Crippen LogP contribution in [0, 0.1) is 12.7 Å². The fourth-order valence-corrected chi connectivity index (χ4v) is 1.07. The highest BCUT2D eigenvalue weighted by Gasteiger charge is 2.07. The SMILES string of the molecule is Cc1ccc(F)c(Cl)c1N=C=O. The van der Waals surface area contributed by atoms with Crippen molar-refractivity contribution >= 4 is 23.4 Å². The van der Waals surface area contributed by atoms with E-state index in [0.717, 1.165) is 0 Å². The molecule has 0 N–H and O–H groups in total. The van der Waals surface area contributed by atoms with E-state index in [4.69, 9.17) is 11.6 Å². The van der Waals surface area contributed by atoms with Crippen LogP contribution in [0.3, 0.4) is 0 Å². The lowest BCUT2D eigenvalue weighted by molar-refractivity contribution is 0.565. The number of halogens is 2. The van der Waals surface area contributed by atoms with Gasteiger partial charge in [0.25, 0.3) is 0 Å². The molecular weight excluding hydrogens is 181 g/mol. The van der Waals surface area contributed by atoms with Gasteiger partial charge in [-0.15, -0.1) is 0 Å². The molecule has 0 bridgehead atoms. The molecule has 0 aliphatic rings. The number of aliphatic imine (C=N–C) groups is 1. The van der Waals surface area contributed by atoms with Crippen LogP contribution in [0.2, 0.25) is 5.02 Å². The van der Waals surface area contributed by atoms with Crippen molar-refractivity contribution in [1.82, 2.24) is 0 Å². The predicted molar refractivity (Wildman–Crippen MR) is 43.9 cm³/mol.